The van der Waals surface area contributed by atoms with Gasteiger partial charge in [-0.3, -0.25) is 0 Å². The molecule has 0 aliphatic carbocycles. The molecule has 0 saturated carbocycles. The van der Waals surface area contributed by atoms with E-state index in [0.717, 1.165) is 0 Å². The van der Waals surface area contributed by atoms with Crippen LogP contribution in [0.3, 0.4) is 0 Å². The van der Waals surface area contributed by atoms with Crippen LogP contribution < -0.4 is 4.72 Å². The molecule has 2 aromatic rings. The molecule has 0 aliphatic rings. The summed E-state index contributed by atoms with van der Waals surface area (Å²) in [6.45, 7) is 1.69. The van der Waals surface area contributed by atoms with E-state index < -0.39 is 16.1 Å². The van der Waals surface area contributed by atoms with Gasteiger partial charge < -0.3 is 5.11 Å². The van der Waals surface area contributed by atoms with Crippen molar-refractivity contribution in [3.05, 3.63) is 53.3 Å². The summed E-state index contributed by atoms with van der Waals surface area (Å²) >= 11 is 5.63. The molecule has 1 aromatic carbocycles. The minimum Gasteiger partial charge on any atom is -0.508 e. The van der Waals surface area contributed by atoms with Crippen LogP contribution in [0.5, 0.6) is 5.75 Å². The second-order valence-electron chi connectivity index (χ2n) is 4.25. The summed E-state index contributed by atoms with van der Waals surface area (Å²) in [5.41, 5.74) is 0.662. The number of nitrogens with one attached hydrogen (secondary N) is 1. The van der Waals surface area contributed by atoms with Crippen LogP contribution in [0, 0.1) is 0 Å². The number of rotatable bonds is 4. The van der Waals surface area contributed by atoms with Crippen LogP contribution in [0.1, 0.15) is 18.5 Å². The summed E-state index contributed by atoms with van der Waals surface area (Å²) in [7, 11) is -3.69. The van der Waals surface area contributed by atoms with Crippen molar-refractivity contribution in [3.8, 4) is 5.75 Å². The number of halogens is 1. The van der Waals surface area contributed by atoms with Crippen molar-refractivity contribution in [2.45, 2.75) is 17.9 Å². The number of hydrogen-bond acceptors (Lipinski definition) is 4. The number of sulfonamides is 1. The molecule has 0 bridgehead atoms. The van der Waals surface area contributed by atoms with Gasteiger partial charge in [-0.25, -0.2) is 18.1 Å². The fourth-order valence-corrected chi connectivity index (χ4v) is 2.97. The Kier molecular flexibility index (Phi) is 4.27. The van der Waals surface area contributed by atoms with Gasteiger partial charge in [0.1, 0.15) is 15.8 Å². The van der Waals surface area contributed by atoms with Gasteiger partial charge in [-0.05, 0) is 36.8 Å². The highest BCUT2D eigenvalue weighted by Gasteiger charge is 2.18. The van der Waals surface area contributed by atoms with Gasteiger partial charge in [-0.15, -0.1) is 0 Å². The summed E-state index contributed by atoms with van der Waals surface area (Å²) in [6, 6.07) is 8.72. The third-order valence-electron chi connectivity index (χ3n) is 2.71. The standard InChI is InChI=1S/C13H13ClN2O3S/c1-9(10-3-2-4-11(17)7-10)16-20(18,19)12-5-6-13(14)15-8-12/h2-9,16-17H,1H3. The second-order valence-corrected chi connectivity index (χ2v) is 6.36. The quantitative estimate of drug-likeness (QED) is 0.850. The van der Waals surface area contributed by atoms with Gasteiger partial charge in [0.05, 0.1) is 0 Å². The Hall–Kier alpha value is -1.63. The van der Waals surface area contributed by atoms with Gasteiger partial charge in [-0.1, -0.05) is 23.7 Å². The van der Waals surface area contributed by atoms with Crippen LogP contribution in [0.15, 0.2) is 47.5 Å². The van der Waals surface area contributed by atoms with E-state index in [1.165, 1.54) is 30.5 Å². The average Bonchev–Trinajstić information content (AvgIpc) is 2.38. The lowest BCUT2D eigenvalue weighted by atomic mass is 10.1. The van der Waals surface area contributed by atoms with Crippen molar-refractivity contribution in [2.75, 3.05) is 0 Å². The molecule has 2 N–H and O–H groups in total. The Balaban J connectivity index is 2.22. The maximum Gasteiger partial charge on any atom is 0.242 e. The normalized spacial score (nSPS) is 13.1. The smallest absolute Gasteiger partial charge is 0.242 e. The first-order valence-corrected chi connectivity index (χ1v) is 7.67. The largest absolute Gasteiger partial charge is 0.508 e. The summed E-state index contributed by atoms with van der Waals surface area (Å²) in [5.74, 6) is 0.0849. The second kappa shape index (κ2) is 5.78. The van der Waals surface area contributed by atoms with Gasteiger partial charge in [0.25, 0.3) is 0 Å². The highest BCUT2D eigenvalue weighted by atomic mass is 35.5. The maximum absolute atomic E-state index is 12.2. The molecule has 0 amide bonds. The minimum atomic E-state index is -3.69. The number of nitrogens with zero attached hydrogens (tertiary/aromatic N) is 1. The topological polar surface area (TPSA) is 79.3 Å². The molecule has 0 fully saturated rings. The molecule has 7 heteroatoms. The molecule has 2 rings (SSSR count). The molecule has 5 nitrogen and oxygen atoms in total. The third-order valence-corrected chi connectivity index (χ3v) is 4.46. The molecular formula is C13H13ClN2O3S. The molecule has 0 aliphatic heterocycles. The summed E-state index contributed by atoms with van der Waals surface area (Å²) in [4.78, 5) is 3.78. The van der Waals surface area contributed by atoms with Gasteiger partial charge in [0.2, 0.25) is 10.0 Å². The first-order valence-electron chi connectivity index (χ1n) is 5.81. The lowest BCUT2D eigenvalue weighted by molar-refractivity contribution is 0.473. The third kappa shape index (κ3) is 3.47. The SMILES string of the molecule is CC(NS(=O)(=O)c1ccc(Cl)nc1)c1cccc(O)c1. The number of aromatic nitrogens is 1. The first kappa shape index (κ1) is 14.8. The van der Waals surface area contributed by atoms with Crippen molar-refractivity contribution >= 4 is 21.6 Å². The van der Waals surface area contributed by atoms with E-state index in [0.29, 0.717) is 5.56 Å². The van der Waals surface area contributed by atoms with Crippen molar-refractivity contribution in [2.24, 2.45) is 0 Å². The van der Waals surface area contributed by atoms with E-state index in [-0.39, 0.29) is 15.8 Å². The molecule has 106 valence electrons. The summed E-state index contributed by atoms with van der Waals surface area (Å²) < 4.78 is 26.8. The summed E-state index contributed by atoms with van der Waals surface area (Å²) in [5, 5.41) is 9.63. The van der Waals surface area contributed by atoms with E-state index >= 15 is 0 Å². The summed E-state index contributed by atoms with van der Waals surface area (Å²) in [6.07, 6.45) is 1.19. The van der Waals surface area contributed by atoms with E-state index in [2.05, 4.69) is 9.71 Å². The van der Waals surface area contributed by atoms with E-state index in [1.54, 1.807) is 19.1 Å². The predicted octanol–water partition coefficient (Wildman–Crippen LogP) is 2.48. The molecule has 0 saturated heterocycles. The molecular weight excluding hydrogens is 300 g/mol. The molecule has 0 spiro atoms. The zero-order valence-corrected chi connectivity index (χ0v) is 12.2. The molecule has 1 heterocycles. The number of phenols is 1. The number of pyridine rings is 1. The Bertz CT molecular complexity index is 702. The number of hydrogen-bond donors (Lipinski definition) is 2. The lowest BCUT2D eigenvalue weighted by Crippen LogP contribution is -2.26. The van der Waals surface area contributed by atoms with Crippen molar-refractivity contribution in [1.29, 1.82) is 0 Å². The van der Waals surface area contributed by atoms with Crippen LogP contribution >= 0.6 is 11.6 Å². The fraction of sp³-hybridized carbons (Fsp3) is 0.154. The van der Waals surface area contributed by atoms with Crippen LogP contribution in [0.2, 0.25) is 5.15 Å². The Labute approximate surface area is 122 Å². The molecule has 1 aromatic heterocycles. The van der Waals surface area contributed by atoms with Crippen LogP contribution in [-0.4, -0.2) is 18.5 Å². The number of phenolic OH excluding ortho intramolecular Hbond substituents is 1. The van der Waals surface area contributed by atoms with Crippen molar-refractivity contribution in [3.63, 3.8) is 0 Å². The van der Waals surface area contributed by atoms with E-state index in [1.807, 2.05) is 0 Å². The van der Waals surface area contributed by atoms with E-state index in [4.69, 9.17) is 11.6 Å². The number of aromatic hydroxyl groups is 1. The fourth-order valence-electron chi connectivity index (χ4n) is 1.68. The van der Waals surface area contributed by atoms with Gasteiger partial charge in [-0.2, -0.15) is 0 Å². The van der Waals surface area contributed by atoms with Gasteiger partial charge in [0, 0.05) is 12.2 Å². The van der Waals surface area contributed by atoms with Crippen LogP contribution in [0.4, 0.5) is 0 Å². The number of benzene rings is 1. The van der Waals surface area contributed by atoms with Gasteiger partial charge >= 0.3 is 0 Å². The van der Waals surface area contributed by atoms with Crippen molar-refractivity contribution in [1.82, 2.24) is 9.71 Å². The van der Waals surface area contributed by atoms with Crippen LogP contribution in [0.25, 0.3) is 0 Å². The van der Waals surface area contributed by atoms with Crippen molar-refractivity contribution < 1.29 is 13.5 Å². The highest BCUT2D eigenvalue weighted by Crippen LogP contribution is 2.20. The zero-order chi connectivity index (χ0) is 14.8. The zero-order valence-electron chi connectivity index (χ0n) is 10.6. The molecule has 0 radical (unpaired) electrons. The Morgan fingerprint density at radius 2 is 2.05 bits per heavy atom. The monoisotopic (exact) mass is 312 g/mol. The van der Waals surface area contributed by atoms with Gasteiger partial charge in [0.15, 0.2) is 0 Å². The maximum atomic E-state index is 12.2. The predicted molar refractivity (Wildman–Crippen MR) is 76.1 cm³/mol. The van der Waals surface area contributed by atoms with Crippen LogP contribution in [-0.2, 0) is 10.0 Å². The molecule has 1 atom stereocenters. The Morgan fingerprint density at radius 3 is 2.65 bits per heavy atom. The first-order chi connectivity index (χ1) is 9.38. The molecule has 1 unspecified atom stereocenters. The lowest BCUT2D eigenvalue weighted by Gasteiger charge is -2.14. The van der Waals surface area contributed by atoms with E-state index in [9.17, 15) is 13.5 Å². The highest BCUT2D eigenvalue weighted by molar-refractivity contribution is 7.89. The Morgan fingerprint density at radius 1 is 1.30 bits per heavy atom. The average molecular weight is 313 g/mol. The molecule has 20 heavy (non-hydrogen) atoms. The minimum absolute atomic E-state index is 0.0360.